The normalized spacial score (nSPS) is 12.0. The van der Waals surface area contributed by atoms with Crippen molar-refractivity contribution in [2.75, 3.05) is 0 Å². The molecule has 0 unspecified atom stereocenters. The van der Waals surface area contributed by atoms with E-state index in [1.54, 1.807) is 0 Å². The fourth-order valence-electron chi connectivity index (χ4n) is 3.64. The van der Waals surface area contributed by atoms with Crippen molar-refractivity contribution < 1.29 is 0 Å². The molecule has 0 amide bonds. The molecule has 0 bridgehead atoms. The van der Waals surface area contributed by atoms with Crippen LogP contribution < -0.4 is 0 Å². The molecule has 0 aliphatic carbocycles. The van der Waals surface area contributed by atoms with Crippen LogP contribution in [0.25, 0.3) is 43.1 Å². The maximum Gasteiger partial charge on any atom is -0.00416 e. The van der Waals surface area contributed by atoms with Gasteiger partial charge < -0.3 is 0 Å². The standard InChI is InChI=1S/C21H13/c1-13-10-15-6-7-17-12-14-4-2-3-5-18(14)19-9-8-16(11-13)20(15)21(17)19/h2-12H,1H2/q-1. The zero-order valence-electron chi connectivity index (χ0n) is 11.6. The van der Waals surface area contributed by atoms with Crippen molar-refractivity contribution in [3.8, 4) is 0 Å². The van der Waals surface area contributed by atoms with E-state index in [1.807, 2.05) is 0 Å². The Morgan fingerprint density at radius 2 is 1.19 bits per heavy atom. The van der Waals surface area contributed by atoms with Crippen molar-refractivity contribution in [2.24, 2.45) is 0 Å². The number of hydrogen-bond donors (Lipinski definition) is 0. The maximum absolute atomic E-state index is 4.10. The minimum Gasteiger partial charge on any atom is -0.199 e. The van der Waals surface area contributed by atoms with Crippen molar-refractivity contribution in [1.29, 1.82) is 0 Å². The number of rotatable bonds is 0. The highest BCUT2D eigenvalue weighted by molar-refractivity contribution is 6.28. The summed E-state index contributed by atoms with van der Waals surface area (Å²) in [4.78, 5) is 0. The van der Waals surface area contributed by atoms with E-state index in [2.05, 4.69) is 73.7 Å². The Morgan fingerprint density at radius 3 is 2.00 bits per heavy atom. The molecule has 0 saturated carbocycles. The van der Waals surface area contributed by atoms with Crippen LogP contribution in [-0.4, -0.2) is 0 Å². The van der Waals surface area contributed by atoms with Crippen LogP contribution in [-0.2, 0) is 0 Å². The molecule has 5 aromatic rings. The fourth-order valence-corrected chi connectivity index (χ4v) is 3.64. The van der Waals surface area contributed by atoms with Crippen molar-refractivity contribution in [1.82, 2.24) is 0 Å². The van der Waals surface area contributed by atoms with Crippen molar-refractivity contribution in [3.63, 3.8) is 0 Å². The molecule has 0 fully saturated rings. The summed E-state index contributed by atoms with van der Waals surface area (Å²) in [6.45, 7) is 4.10. The lowest BCUT2D eigenvalue weighted by Crippen LogP contribution is -1.86. The lowest BCUT2D eigenvalue weighted by atomic mass is 9.90. The first kappa shape index (κ1) is 11.0. The molecule has 0 atom stereocenters. The molecular weight excluding hydrogens is 252 g/mol. The van der Waals surface area contributed by atoms with E-state index in [9.17, 15) is 0 Å². The second kappa shape index (κ2) is 3.67. The molecule has 0 nitrogen and oxygen atoms in total. The van der Waals surface area contributed by atoms with Crippen LogP contribution in [0.3, 0.4) is 0 Å². The van der Waals surface area contributed by atoms with E-state index in [1.165, 1.54) is 43.1 Å². The second-order valence-electron chi connectivity index (χ2n) is 5.79. The van der Waals surface area contributed by atoms with Crippen LogP contribution in [0.2, 0.25) is 0 Å². The van der Waals surface area contributed by atoms with Crippen LogP contribution >= 0.6 is 0 Å². The van der Waals surface area contributed by atoms with Gasteiger partial charge in [-0.15, -0.1) is 0 Å². The third kappa shape index (κ3) is 1.37. The maximum atomic E-state index is 4.10. The molecule has 0 aliphatic rings. The molecule has 0 heterocycles. The first-order valence-corrected chi connectivity index (χ1v) is 7.23. The Hall–Kier alpha value is -2.73. The van der Waals surface area contributed by atoms with Crippen molar-refractivity contribution >= 4 is 43.1 Å². The van der Waals surface area contributed by atoms with Gasteiger partial charge in [0.2, 0.25) is 0 Å². The highest BCUT2D eigenvalue weighted by Crippen LogP contribution is 2.38. The van der Waals surface area contributed by atoms with Gasteiger partial charge in [0.05, 0.1) is 0 Å². The minimum absolute atomic E-state index is 1.07. The molecule has 0 heteroatoms. The smallest absolute Gasteiger partial charge is 0.00416 e. The Morgan fingerprint density at radius 1 is 0.524 bits per heavy atom. The molecular formula is C21H13-. The van der Waals surface area contributed by atoms with Crippen molar-refractivity contribution in [3.05, 3.63) is 79.2 Å². The third-order valence-electron chi connectivity index (χ3n) is 4.50. The largest absolute Gasteiger partial charge is 0.199 e. The van der Waals surface area contributed by atoms with Gasteiger partial charge in [0.25, 0.3) is 0 Å². The third-order valence-corrected chi connectivity index (χ3v) is 4.50. The predicted octanol–water partition coefficient (Wildman–Crippen LogP) is 5.92. The van der Waals surface area contributed by atoms with E-state index in [-0.39, 0.29) is 0 Å². The molecule has 0 radical (unpaired) electrons. The van der Waals surface area contributed by atoms with Gasteiger partial charge in [-0.3, -0.25) is 0 Å². The number of hydrogen-bond acceptors (Lipinski definition) is 0. The van der Waals surface area contributed by atoms with E-state index >= 15 is 0 Å². The average molecular weight is 265 g/mol. The Balaban J connectivity index is 2.19. The van der Waals surface area contributed by atoms with Gasteiger partial charge in [-0.1, -0.05) is 59.3 Å². The summed E-state index contributed by atoms with van der Waals surface area (Å²) in [5.41, 5.74) is 1.07. The van der Waals surface area contributed by atoms with Gasteiger partial charge in [-0.05, 0) is 38.4 Å². The molecule has 21 heavy (non-hydrogen) atoms. The molecule has 0 aliphatic heterocycles. The zero-order valence-corrected chi connectivity index (χ0v) is 11.6. The second-order valence-corrected chi connectivity index (χ2v) is 5.79. The molecule has 0 spiro atoms. The van der Waals surface area contributed by atoms with Crippen LogP contribution in [0.5, 0.6) is 0 Å². The molecule has 5 rings (SSSR count). The Bertz CT molecular complexity index is 1110. The van der Waals surface area contributed by atoms with Gasteiger partial charge in [0.15, 0.2) is 0 Å². The summed E-state index contributed by atoms with van der Waals surface area (Å²) in [7, 11) is 0. The summed E-state index contributed by atoms with van der Waals surface area (Å²) in [5, 5.41) is 10.6. The summed E-state index contributed by atoms with van der Waals surface area (Å²) in [6, 6.07) is 24.2. The molecule has 0 aromatic heterocycles. The first-order chi connectivity index (χ1) is 10.3. The van der Waals surface area contributed by atoms with Crippen LogP contribution in [0.1, 0.15) is 5.56 Å². The van der Waals surface area contributed by atoms with Crippen molar-refractivity contribution in [2.45, 2.75) is 0 Å². The highest BCUT2D eigenvalue weighted by Gasteiger charge is 2.08. The van der Waals surface area contributed by atoms with Gasteiger partial charge >= 0.3 is 0 Å². The monoisotopic (exact) mass is 265 g/mol. The summed E-state index contributed by atoms with van der Waals surface area (Å²) in [5.74, 6) is 0. The predicted molar refractivity (Wildman–Crippen MR) is 92.1 cm³/mol. The highest BCUT2D eigenvalue weighted by atomic mass is 14.1. The summed E-state index contributed by atoms with van der Waals surface area (Å²) < 4.78 is 0. The van der Waals surface area contributed by atoms with E-state index in [0.29, 0.717) is 0 Å². The SMILES string of the molecule is [CH2-]c1cc2ccc3cc4ccccc4c4ccc(c1)c2c34. The van der Waals surface area contributed by atoms with Crippen LogP contribution in [0, 0.1) is 6.92 Å². The van der Waals surface area contributed by atoms with E-state index < -0.39 is 0 Å². The first-order valence-electron chi connectivity index (χ1n) is 7.23. The topological polar surface area (TPSA) is 0 Å². The minimum atomic E-state index is 1.07. The van der Waals surface area contributed by atoms with Gasteiger partial charge in [-0.2, -0.15) is 24.6 Å². The fraction of sp³-hybridized carbons (Fsp3) is 0. The zero-order chi connectivity index (χ0) is 14.0. The van der Waals surface area contributed by atoms with E-state index in [0.717, 1.165) is 5.56 Å². The molecule has 98 valence electrons. The van der Waals surface area contributed by atoms with Gasteiger partial charge in [-0.25, -0.2) is 0 Å². The number of benzene rings is 5. The lowest BCUT2D eigenvalue weighted by molar-refractivity contribution is 1.70. The van der Waals surface area contributed by atoms with Gasteiger partial charge in [0, 0.05) is 0 Å². The van der Waals surface area contributed by atoms with Crippen LogP contribution in [0.4, 0.5) is 0 Å². The summed E-state index contributed by atoms with van der Waals surface area (Å²) in [6.07, 6.45) is 0. The molecule has 0 N–H and O–H groups in total. The number of fused-ring (bicyclic) bond motifs is 2. The molecule has 0 saturated heterocycles. The Labute approximate surface area is 123 Å². The lowest BCUT2D eigenvalue weighted by Gasteiger charge is -2.16. The Kier molecular flexibility index (Phi) is 1.92. The quantitative estimate of drug-likeness (QED) is 0.185. The van der Waals surface area contributed by atoms with Crippen LogP contribution in [0.15, 0.2) is 66.7 Å². The van der Waals surface area contributed by atoms with E-state index in [4.69, 9.17) is 0 Å². The molecule has 5 aromatic carbocycles. The average Bonchev–Trinajstić information content (AvgIpc) is 2.51. The summed E-state index contributed by atoms with van der Waals surface area (Å²) >= 11 is 0. The van der Waals surface area contributed by atoms with Gasteiger partial charge in [0.1, 0.15) is 0 Å².